The molecule has 2 N–H and O–H groups in total. The van der Waals surface area contributed by atoms with Crippen LogP contribution in [0.15, 0.2) is 18.2 Å². The van der Waals surface area contributed by atoms with E-state index in [1.165, 1.54) is 4.90 Å². The summed E-state index contributed by atoms with van der Waals surface area (Å²) in [6.45, 7) is 3.52. The summed E-state index contributed by atoms with van der Waals surface area (Å²) in [5.74, 6) is -1.80. The van der Waals surface area contributed by atoms with E-state index < -0.39 is 17.5 Å². The molecule has 1 fully saturated rings. The van der Waals surface area contributed by atoms with Gasteiger partial charge in [0.2, 0.25) is 5.91 Å². The lowest BCUT2D eigenvalue weighted by Gasteiger charge is -2.31. The molecule has 3 rings (SSSR count). The summed E-state index contributed by atoms with van der Waals surface area (Å²) in [7, 11) is 0. The number of carbonyl (C=O) groups is 2. The van der Waals surface area contributed by atoms with Crippen molar-refractivity contribution in [2.45, 2.75) is 32.9 Å². The third-order valence-electron chi connectivity index (χ3n) is 4.89. The van der Waals surface area contributed by atoms with Gasteiger partial charge in [-0.1, -0.05) is 0 Å². The smallest absolute Gasteiger partial charge is 0.256 e. The molecular weight excluding hydrogens is 388 g/mol. The van der Waals surface area contributed by atoms with Crippen molar-refractivity contribution >= 4 is 24.0 Å². The van der Waals surface area contributed by atoms with Crippen LogP contribution < -0.4 is 5.32 Å². The Labute approximate surface area is 165 Å². The van der Waals surface area contributed by atoms with E-state index in [-0.39, 0.29) is 23.9 Å². The van der Waals surface area contributed by atoms with E-state index in [1.54, 1.807) is 4.57 Å². The van der Waals surface area contributed by atoms with E-state index in [4.69, 9.17) is 12.2 Å². The van der Waals surface area contributed by atoms with Gasteiger partial charge in [0.1, 0.15) is 11.6 Å². The number of aromatic nitrogens is 3. The number of H-pyrrole nitrogens is 1. The highest BCUT2D eigenvalue weighted by Crippen LogP contribution is 2.21. The second kappa shape index (κ2) is 8.59. The van der Waals surface area contributed by atoms with Gasteiger partial charge in [0.05, 0.1) is 12.1 Å². The Balaban J connectivity index is 1.53. The van der Waals surface area contributed by atoms with Crippen LogP contribution >= 0.6 is 12.2 Å². The van der Waals surface area contributed by atoms with Crippen molar-refractivity contribution in [1.29, 1.82) is 0 Å². The lowest BCUT2D eigenvalue weighted by molar-refractivity contribution is -0.126. The van der Waals surface area contributed by atoms with E-state index in [1.807, 2.05) is 6.92 Å². The highest BCUT2D eigenvalue weighted by Gasteiger charge is 2.29. The van der Waals surface area contributed by atoms with Gasteiger partial charge in [-0.25, -0.2) is 8.78 Å². The Hall–Kier alpha value is -2.62. The average molecular weight is 409 g/mol. The summed E-state index contributed by atoms with van der Waals surface area (Å²) >= 11 is 5.12. The molecule has 150 valence electrons. The fourth-order valence-electron chi connectivity index (χ4n) is 3.30. The van der Waals surface area contributed by atoms with Gasteiger partial charge in [0, 0.05) is 31.6 Å². The van der Waals surface area contributed by atoms with Gasteiger partial charge in [-0.3, -0.25) is 14.7 Å². The van der Waals surface area contributed by atoms with Crippen molar-refractivity contribution in [3.05, 3.63) is 46.0 Å². The summed E-state index contributed by atoms with van der Waals surface area (Å²) in [5.41, 5.74) is -0.160. The SMILES string of the molecule is CCn1c(CNC(=O)C2CCN(C(=O)c3ccc(F)cc3F)CC2)n[nH]c1=S. The van der Waals surface area contributed by atoms with Crippen molar-refractivity contribution < 1.29 is 18.4 Å². The molecule has 2 aromatic rings. The molecular formula is C18H21F2N5O2S. The Morgan fingerprint density at radius 1 is 1.32 bits per heavy atom. The zero-order chi connectivity index (χ0) is 20.3. The fraction of sp³-hybridized carbons (Fsp3) is 0.444. The molecule has 1 aliphatic heterocycles. The van der Waals surface area contributed by atoms with Gasteiger partial charge < -0.3 is 14.8 Å². The van der Waals surface area contributed by atoms with E-state index in [0.717, 1.165) is 12.1 Å². The van der Waals surface area contributed by atoms with Crippen LogP contribution in [-0.2, 0) is 17.9 Å². The van der Waals surface area contributed by atoms with Crippen LogP contribution in [0.5, 0.6) is 0 Å². The molecule has 1 aromatic heterocycles. The van der Waals surface area contributed by atoms with E-state index >= 15 is 0 Å². The molecule has 0 spiro atoms. The normalized spacial score (nSPS) is 14.9. The lowest BCUT2D eigenvalue weighted by atomic mass is 9.95. The van der Waals surface area contributed by atoms with E-state index in [0.29, 0.717) is 49.1 Å². The van der Waals surface area contributed by atoms with Gasteiger partial charge >= 0.3 is 0 Å². The van der Waals surface area contributed by atoms with Crippen molar-refractivity contribution in [1.82, 2.24) is 25.0 Å². The zero-order valence-electron chi connectivity index (χ0n) is 15.4. The summed E-state index contributed by atoms with van der Waals surface area (Å²) < 4.78 is 29.1. The molecule has 1 aromatic carbocycles. The molecule has 1 aliphatic rings. The summed E-state index contributed by atoms with van der Waals surface area (Å²) in [4.78, 5) is 26.3. The number of hydrogen-bond donors (Lipinski definition) is 2. The molecule has 0 aliphatic carbocycles. The molecule has 2 amide bonds. The maximum absolute atomic E-state index is 13.8. The second-order valence-electron chi connectivity index (χ2n) is 6.60. The first-order valence-corrected chi connectivity index (χ1v) is 9.47. The monoisotopic (exact) mass is 409 g/mol. The number of halogens is 2. The predicted octanol–water partition coefficient (Wildman–Crippen LogP) is 2.41. The van der Waals surface area contributed by atoms with Crippen molar-refractivity contribution in [2.75, 3.05) is 13.1 Å². The second-order valence-corrected chi connectivity index (χ2v) is 6.98. The number of carbonyl (C=O) groups excluding carboxylic acids is 2. The molecule has 0 bridgehead atoms. The minimum absolute atomic E-state index is 0.114. The van der Waals surface area contributed by atoms with Gasteiger partial charge in [-0.15, -0.1) is 0 Å². The molecule has 2 heterocycles. The first-order chi connectivity index (χ1) is 13.4. The third-order valence-corrected chi connectivity index (χ3v) is 5.20. The number of hydrogen-bond acceptors (Lipinski definition) is 4. The van der Waals surface area contributed by atoms with Crippen molar-refractivity contribution in [3.63, 3.8) is 0 Å². The Kier molecular flexibility index (Phi) is 6.18. The molecule has 10 heteroatoms. The fourth-order valence-corrected chi connectivity index (χ4v) is 3.58. The molecule has 0 unspecified atom stereocenters. The first kappa shape index (κ1) is 20.1. The first-order valence-electron chi connectivity index (χ1n) is 9.06. The molecule has 1 saturated heterocycles. The Morgan fingerprint density at radius 3 is 2.68 bits per heavy atom. The number of rotatable bonds is 5. The highest BCUT2D eigenvalue weighted by atomic mass is 32.1. The maximum Gasteiger partial charge on any atom is 0.256 e. The maximum atomic E-state index is 13.8. The molecule has 7 nitrogen and oxygen atoms in total. The van der Waals surface area contributed by atoms with E-state index in [2.05, 4.69) is 15.5 Å². The number of nitrogens with one attached hydrogen (secondary N) is 2. The highest BCUT2D eigenvalue weighted by molar-refractivity contribution is 7.71. The predicted molar refractivity (Wildman–Crippen MR) is 99.9 cm³/mol. The van der Waals surface area contributed by atoms with Crippen LogP contribution in [0.1, 0.15) is 35.9 Å². The van der Waals surface area contributed by atoms with Crippen LogP contribution in [0.25, 0.3) is 0 Å². The molecule has 0 atom stereocenters. The van der Waals surface area contributed by atoms with Gasteiger partial charge in [-0.2, -0.15) is 5.10 Å². The third kappa shape index (κ3) is 4.27. The van der Waals surface area contributed by atoms with Crippen LogP contribution in [-0.4, -0.2) is 44.6 Å². The van der Waals surface area contributed by atoms with Gasteiger partial charge in [0.25, 0.3) is 5.91 Å². The topological polar surface area (TPSA) is 83.0 Å². The average Bonchev–Trinajstić information content (AvgIpc) is 3.05. The lowest BCUT2D eigenvalue weighted by Crippen LogP contribution is -2.43. The number of benzene rings is 1. The van der Waals surface area contributed by atoms with Crippen LogP contribution in [0.3, 0.4) is 0 Å². The number of amides is 2. The van der Waals surface area contributed by atoms with Gasteiger partial charge in [0.15, 0.2) is 10.6 Å². The molecule has 28 heavy (non-hydrogen) atoms. The standard InChI is InChI=1S/C18H21F2N5O2S/c1-2-25-15(22-23-18(25)28)10-21-16(26)11-5-7-24(8-6-11)17(27)13-4-3-12(19)9-14(13)20/h3-4,9,11H,2,5-8,10H2,1H3,(H,21,26)(H,23,28). The van der Waals surface area contributed by atoms with Gasteiger partial charge in [-0.05, 0) is 44.1 Å². The Morgan fingerprint density at radius 2 is 2.04 bits per heavy atom. The van der Waals surface area contributed by atoms with Crippen LogP contribution in [0, 0.1) is 22.3 Å². The van der Waals surface area contributed by atoms with Crippen LogP contribution in [0.2, 0.25) is 0 Å². The molecule has 0 radical (unpaired) electrons. The van der Waals surface area contributed by atoms with Crippen molar-refractivity contribution in [3.8, 4) is 0 Å². The number of piperidine rings is 1. The number of aromatic amines is 1. The largest absolute Gasteiger partial charge is 0.349 e. The quantitative estimate of drug-likeness (QED) is 0.743. The minimum Gasteiger partial charge on any atom is -0.349 e. The number of likely N-dealkylation sites (tertiary alicyclic amines) is 1. The summed E-state index contributed by atoms with van der Waals surface area (Å²) in [5, 5.41) is 9.66. The summed E-state index contributed by atoms with van der Waals surface area (Å²) in [6.07, 6.45) is 0.946. The summed E-state index contributed by atoms with van der Waals surface area (Å²) in [6, 6.07) is 2.90. The zero-order valence-corrected chi connectivity index (χ0v) is 16.2. The van der Waals surface area contributed by atoms with E-state index in [9.17, 15) is 18.4 Å². The van der Waals surface area contributed by atoms with Crippen molar-refractivity contribution in [2.24, 2.45) is 5.92 Å². The number of nitrogens with zero attached hydrogens (tertiary/aromatic N) is 3. The Bertz CT molecular complexity index is 934. The minimum atomic E-state index is -0.880. The molecule has 0 saturated carbocycles. The van der Waals surface area contributed by atoms with Crippen LogP contribution in [0.4, 0.5) is 8.78 Å².